The fourth-order valence-corrected chi connectivity index (χ4v) is 8.68. The van der Waals surface area contributed by atoms with Gasteiger partial charge in [0.05, 0.1) is 5.54 Å². The van der Waals surface area contributed by atoms with Gasteiger partial charge in [-0.15, -0.1) is 0 Å². The molecule has 1 N–H and O–H groups in total. The monoisotopic (exact) mass is 430 g/mol. The third kappa shape index (κ3) is 2.86. The zero-order valence-corrected chi connectivity index (χ0v) is 19.0. The molecular formula is C26H27N2O2P. The Kier molecular flexibility index (Phi) is 4.51. The van der Waals surface area contributed by atoms with Crippen LogP contribution in [0.1, 0.15) is 26.3 Å². The summed E-state index contributed by atoms with van der Waals surface area (Å²) in [5.41, 5.74) is -0.0118. The molecule has 1 fully saturated rings. The first-order chi connectivity index (χ1) is 14.8. The minimum Gasteiger partial charge on any atom is -0.477 e. The maximum absolute atomic E-state index is 15.5. The van der Waals surface area contributed by atoms with Crippen molar-refractivity contribution in [3.8, 4) is 0 Å². The van der Waals surface area contributed by atoms with Gasteiger partial charge in [0, 0.05) is 10.6 Å². The van der Waals surface area contributed by atoms with Crippen LogP contribution in [0.25, 0.3) is 0 Å². The van der Waals surface area contributed by atoms with Gasteiger partial charge in [-0.05, 0) is 26.3 Å². The number of nitrogens with one attached hydrogen (secondary N) is 1. The molecule has 5 heteroatoms. The molecule has 1 saturated heterocycles. The van der Waals surface area contributed by atoms with E-state index in [1.165, 1.54) is 0 Å². The molecule has 0 amide bonds. The van der Waals surface area contributed by atoms with Crippen molar-refractivity contribution in [2.75, 3.05) is 6.61 Å². The summed E-state index contributed by atoms with van der Waals surface area (Å²) in [6, 6.07) is 29.7. The second-order valence-corrected chi connectivity index (χ2v) is 12.0. The van der Waals surface area contributed by atoms with Gasteiger partial charge in [0.15, 0.2) is 7.14 Å². The number of aliphatic imine (C=N–C) groups is 1. The Morgan fingerprint density at radius 1 is 0.806 bits per heavy atom. The third-order valence-corrected chi connectivity index (χ3v) is 10.2. The largest absolute Gasteiger partial charge is 0.477 e. The first-order valence-corrected chi connectivity index (χ1v) is 12.3. The summed E-state index contributed by atoms with van der Waals surface area (Å²) in [4.78, 5) is 4.89. The molecule has 5 rings (SSSR count). The summed E-state index contributed by atoms with van der Waals surface area (Å²) >= 11 is 0. The van der Waals surface area contributed by atoms with Crippen molar-refractivity contribution in [2.24, 2.45) is 4.99 Å². The number of ether oxygens (including phenoxy) is 1. The van der Waals surface area contributed by atoms with Gasteiger partial charge in [0.2, 0.25) is 5.90 Å². The van der Waals surface area contributed by atoms with Crippen molar-refractivity contribution in [2.45, 2.75) is 37.1 Å². The molecule has 3 aromatic carbocycles. The number of nitrogens with zero attached hydrogens (tertiary/aromatic N) is 1. The minimum atomic E-state index is -3.23. The first kappa shape index (κ1) is 20.2. The topological polar surface area (TPSA) is 60.6 Å². The Hall–Kier alpha value is -2.68. The van der Waals surface area contributed by atoms with Crippen LogP contribution in [-0.4, -0.2) is 23.6 Å². The van der Waals surface area contributed by atoms with E-state index in [1.54, 1.807) is 0 Å². The lowest BCUT2D eigenvalue weighted by Crippen LogP contribution is -2.36. The highest BCUT2D eigenvalue weighted by Crippen LogP contribution is 2.72. The maximum atomic E-state index is 15.5. The van der Waals surface area contributed by atoms with Gasteiger partial charge >= 0.3 is 0 Å². The van der Waals surface area contributed by atoms with Gasteiger partial charge in [-0.1, -0.05) is 91.0 Å². The van der Waals surface area contributed by atoms with Crippen molar-refractivity contribution >= 4 is 23.6 Å². The van der Waals surface area contributed by atoms with E-state index in [0.717, 1.165) is 16.2 Å². The SMILES string of the molecule is CC1(C)COC([C@]2(C)NC2(c2ccccc2)P(=O)(c2ccccc2)c2ccccc2)=N1. The fourth-order valence-electron chi connectivity index (χ4n) is 4.81. The molecule has 2 atom stereocenters. The van der Waals surface area contributed by atoms with Gasteiger partial charge in [-0.3, -0.25) is 5.32 Å². The van der Waals surface area contributed by atoms with Gasteiger partial charge in [-0.25, -0.2) is 4.99 Å². The second-order valence-electron chi connectivity index (χ2n) is 9.12. The zero-order chi connectivity index (χ0) is 21.7. The van der Waals surface area contributed by atoms with Crippen LogP contribution in [0.3, 0.4) is 0 Å². The Labute approximate surface area is 183 Å². The zero-order valence-electron chi connectivity index (χ0n) is 18.1. The van der Waals surface area contributed by atoms with E-state index in [-0.39, 0.29) is 5.54 Å². The van der Waals surface area contributed by atoms with Gasteiger partial charge in [0.1, 0.15) is 17.4 Å². The molecule has 3 aromatic rings. The van der Waals surface area contributed by atoms with Crippen LogP contribution in [0.15, 0.2) is 96.0 Å². The van der Waals surface area contributed by atoms with E-state index in [2.05, 4.69) is 38.2 Å². The Balaban J connectivity index is 1.80. The van der Waals surface area contributed by atoms with E-state index < -0.39 is 18.0 Å². The molecule has 158 valence electrons. The first-order valence-electron chi connectivity index (χ1n) is 10.6. The van der Waals surface area contributed by atoms with Gasteiger partial charge in [0.25, 0.3) is 0 Å². The summed E-state index contributed by atoms with van der Waals surface area (Å²) in [7, 11) is -3.23. The normalized spacial score (nSPS) is 26.7. The summed E-state index contributed by atoms with van der Waals surface area (Å²) < 4.78 is 21.6. The number of benzene rings is 3. The standard InChI is InChI=1S/C26H27N2O2P/c1-24(2)19-30-23(27-24)25(3)26(28-25,20-13-7-4-8-14-20)31(29,21-15-9-5-10-16-21)22-17-11-6-12-18-22/h4-18,28H,19H2,1-3H3/t25-,26?/m0/s1. The van der Waals surface area contributed by atoms with E-state index in [4.69, 9.17) is 9.73 Å². The summed E-state index contributed by atoms with van der Waals surface area (Å²) in [6.07, 6.45) is 0. The predicted octanol–water partition coefficient (Wildman–Crippen LogP) is 4.42. The Bertz CT molecular complexity index is 1130. The van der Waals surface area contributed by atoms with Crippen LogP contribution in [0.5, 0.6) is 0 Å². The average Bonchev–Trinajstić information content (AvgIpc) is 3.30. The molecule has 4 nitrogen and oxygen atoms in total. The average molecular weight is 430 g/mol. The van der Waals surface area contributed by atoms with Crippen LogP contribution in [0.4, 0.5) is 0 Å². The molecular weight excluding hydrogens is 403 g/mol. The molecule has 0 saturated carbocycles. The Morgan fingerprint density at radius 3 is 1.74 bits per heavy atom. The lowest BCUT2D eigenvalue weighted by molar-refractivity contribution is 0.269. The second kappa shape index (κ2) is 6.91. The molecule has 0 aromatic heterocycles. The molecule has 31 heavy (non-hydrogen) atoms. The molecule has 0 spiro atoms. The maximum Gasteiger partial charge on any atom is 0.207 e. The van der Waals surface area contributed by atoms with Crippen LogP contribution in [0.2, 0.25) is 0 Å². The molecule has 0 radical (unpaired) electrons. The van der Waals surface area contributed by atoms with Crippen molar-refractivity contribution in [1.29, 1.82) is 0 Å². The summed E-state index contributed by atoms with van der Waals surface area (Å²) in [6.45, 7) is 6.71. The van der Waals surface area contributed by atoms with E-state index in [0.29, 0.717) is 12.5 Å². The summed E-state index contributed by atoms with van der Waals surface area (Å²) in [5.74, 6) is 0.633. The quantitative estimate of drug-likeness (QED) is 0.481. The number of hydrogen-bond donors (Lipinski definition) is 1. The fraction of sp³-hybridized carbons (Fsp3) is 0.269. The van der Waals surface area contributed by atoms with E-state index in [9.17, 15) is 0 Å². The van der Waals surface area contributed by atoms with Crippen molar-refractivity contribution < 1.29 is 9.30 Å². The molecule has 2 heterocycles. The lowest BCUT2D eigenvalue weighted by Gasteiger charge is -2.31. The van der Waals surface area contributed by atoms with Crippen molar-refractivity contribution in [3.63, 3.8) is 0 Å². The molecule has 0 aliphatic carbocycles. The van der Waals surface area contributed by atoms with E-state index in [1.807, 2.05) is 78.9 Å². The molecule has 1 unspecified atom stereocenters. The smallest absolute Gasteiger partial charge is 0.207 e. The van der Waals surface area contributed by atoms with E-state index >= 15 is 4.57 Å². The van der Waals surface area contributed by atoms with Crippen LogP contribution < -0.4 is 15.9 Å². The molecule has 2 aliphatic heterocycles. The Morgan fingerprint density at radius 2 is 1.29 bits per heavy atom. The molecule has 0 bridgehead atoms. The lowest BCUT2D eigenvalue weighted by atomic mass is 10.00. The van der Waals surface area contributed by atoms with Crippen molar-refractivity contribution in [1.82, 2.24) is 5.32 Å². The van der Waals surface area contributed by atoms with Crippen LogP contribution in [-0.2, 0) is 14.6 Å². The van der Waals surface area contributed by atoms with Gasteiger partial charge < -0.3 is 9.30 Å². The highest BCUT2D eigenvalue weighted by atomic mass is 31.2. The van der Waals surface area contributed by atoms with Crippen LogP contribution in [0, 0.1) is 0 Å². The highest BCUT2D eigenvalue weighted by molar-refractivity contribution is 7.80. The van der Waals surface area contributed by atoms with Crippen molar-refractivity contribution in [3.05, 3.63) is 96.6 Å². The summed E-state index contributed by atoms with van der Waals surface area (Å²) in [5, 5.41) is 4.45. The minimum absolute atomic E-state index is 0.297. The third-order valence-electron chi connectivity index (χ3n) is 6.39. The van der Waals surface area contributed by atoms with Gasteiger partial charge in [-0.2, -0.15) is 0 Å². The predicted molar refractivity (Wildman–Crippen MR) is 127 cm³/mol. The number of hydrogen-bond acceptors (Lipinski definition) is 4. The molecule has 2 aliphatic rings. The van der Waals surface area contributed by atoms with Crippen LogP contribution >= 0.6 is 7.14 Å². The number of rotatable bonds is 5. The highest BCUT2D eigenvalue weighted by Gasteiger charge is 2.78.